The van der Waals surface area contributed by atoms with Gasteiger partial charge in [-0.3, -0.25) is 0 Å². The average Bonchev–Trinajstić information content (AvgIpc) is 2.20. The van der Waals surface area contributed by atoms with Crippen LogP contribution >= 0.6 is 11.8 Å². The molecule has 1 aromatic heterocycles. The average molecular weight is 241 g/mol. The molecule has 0 bridgehead atoms. The van der Waals surface area contributed by atoms with Crippen molar-refractivity contribution in [3.05, 3.63) is 11.9 Å². The molecule has 16 heavy (non-hydrogen) atoms. The number of nitrogens with two attached hydrogens (primary N) is 1. The summed E-state index contributed by atoms with van der Waals surface area (Å²) in [5.41, 5.74) is 5.72. The number of rotatable bonds is 5. The molecule has 0 saturated carbocycles. The van der Waals surface area contributed by atoms with Crippen LogP contribution in [0.15, 0.2) is 11.1 Å². The maximum absolute atomic E-state index is 5.72. The molecule has 0 atom stereocenters. The Hall–Kier alpha value is -0.850. The van der Waals surface area contributed by atoms with E-state index in [1.165, 1.54) is 0 Å². The molecule has 2 rings (SSSR count). The van der Waals surface area contributed by atoms with Gasteiger partial charge in [0.2, 0.25) is 0 Å². The number of thioether (sulfide) groups is 1. The van der Waals surface area contributed by atoms with Crippen LogP contribution in [0.4, 0.5) is 5.82 Å². The van der Waals surface area contributed by atoms with Crippen molar-refractivity contribution in [2.45, 2.75) is 23.8 Å². The van der Waals surface area contributed by atoms with E-state index in [-0.39, 0.29) is 0 Å². The van der Waals surface area contributed by atoms with Gasteiger partial charge in [-0.05, 0) is 6.92 Å². The molecule has 1 aliphatic heterocycles. The van der Waals surface area contributed by atoms with E-state index in [0.29, 0.717) is 30.1 Å². The minimum atomic E-state index is 0.413. The van der Waals surface area contributed by atoms with Crippen molar-refractivity contribution in [3.63, 3.8) is 0 Å². The number of hydrogen-bond acceptors (Lipinski definition) is 6. The fourth-order valence-electron chi connectivity index (χ4n) is 1.26. The van der Waals surface area contributed by atoms with Gasteiger partial charge in [0.15, 0.2) is 5.82 Å². The highest BCUT2D eigenvalue weighted by molar-refractivity contribution is 8.00. The quantitative estimate of drug-likeness (QED) is 0.778. The van der Waals surface area contributed by atoms with Crippen LogP contribution in [-0.2, 0) is 16.1 Å². The summed E-state index contributed by atoms with van der Waals surface area (Å²) in [6.45, 7) is 4.58. The molecule has 0 amide bonds. The van der Waals surface area contributed by atoms with Gasteiger partial charge in [0.1, 0.15) is 17.5 Å². The van der Waals surface area contributed by atoms with Gasteiger partial charge in [0.25, 0.3) is 0 Å². The molecule has 1 fully saturated rings. The maximum atomic E-state index is 5.72. The van der Waals surface area contributed by atoms with Crippen LogP contribution in [0, 0.1) is 0 Å². The molecule has 0 unspecified atom stereocenters. The van der Waals surface area contributed by atoms with Gasteiger partial charge in [0.05, 0.1) is 18.5 Å². The van der Waals surface area contributed by atoms with Crippen LogP contribution in [0.5, 0.6) is 0 Å². The molecule has 0 radical (unpaired) electrons. The molecule has 2 heterocycles. The standard InChI is InChI=1S/C10H15N3O2S/c1-2-14-6-9-12-8(11)3-10(13-9)16-7-4-15-5-7/h3,7H,2,4-6H2,1H3,(H2,11,12,13). The first-order valence-corrected chi connectivity index (χ1v) is 6.11. The number of anilines is 1. The molecule has 1 saturated heterocycles. The monoisotopic (exact) mass is 241 g/mol. The van der Waals surface area contributed by atoms with Crippen LogP contribution in [0.2, 0.25) is 0 Å². The zero-order valence-electron chi connectivity index (χ0n) is 9.18. The highest BCUT2D eigenvalue weighted by Crippen LogP contribution is 2.27. The van der Waals surface area contributed by atoms with E-state index in [1.54, 1.807) is 17.8 Å². The second-order valence-electron chi connectivity index (χ2n) is 3.46. The van der Waals surface area contributed by atoms with E-state index in [0.717, 1.165) is 18.2 Å². The lowest BCUT2D eigenvalue weighted by atomic mass is 10.4. The van der Waals surface area contributed by atoms with Gasteiger partial charge >= 0.3 is 0 Å². The summed E-state index contributed by atoms with van der Waals surface area (Å²) in [5.74, 6) is 1.14. The Balaban J connectivity index is 2.02. The molecule has 0 aliphatic carbocycles. The van der Waals surface area contributed by atoms with E-state index >= 15 is 0 Å². The Morgan fingerprint density at radius 1 is 1.56 bits per heavy atom. The van der Waals surface area contributed by atoms with Crippen LogP contribution in [0.3, 0.4) is 0 Å². The Labute approximate surface area is 98.7 Å². The van der Waals surface area contributed by atoms with Crippen molar-refractivity contribution in [1.29, 1.82) is 0 Å². The molecule has 6 heteroatoms. The normalized spacial score (nSPS) is 16.1. The molecule has 2 N–H and O–H groups in total. The number of aromatic nitrogens is 2. The van der Waals surface area contributed by atoms with Crippen LogP contribution in [0.25, 0.3) is 0 Å². The zero-order chi connectivity index (χ0) is 11.4. The van der Waals surface area contributed by atoms with Crippen molar-refractivity contribution in [2.75, 3.05) is 25.6 Å². The predicted molar refractivity (Wildman–Crippen MR) is 62.2 cm³/mol. The number of nitrogens with zero attached hydrogens (tertiary/aromatic N) is 2. The molecular weight excluding hydrogens is 226 g/mol. The fraction of sp³-hybridized carbons (Fsp3) is 0.600. The third kappa shape index (κ3) is 3.07. The van der Waals surface area contributed by atoms with Crippen molar-refractivity contribution >= 4 is 17.6 Å². The van der Waals surface area contributed by atoms with Crippen molar-refractivity contribution in [3.8, 4) is 0 Å². The second-order valence-corrected chi connectivity index (χ2v) is 4.78. The lowest BCUT2D eigenvalue weighted by Gasteiger charge is -2.24. The van der Waals surface area contributed by atoms with E-state index in [2.05, 4.69) is 9.97 Å². The molecule has 5 nitrogen and oxygen atoms in total. The first kappa shape index (κ1) is 11.6. The Morgan fingerprint density at radius 2 is 2.38 bits per heavy atom. The largest absolute Gasteiger partial charge is 0.384 e. The topological polar surface area (TPSA) is 70.3 Å². The third-order valence-corrected chi connectivity index (χ3v) is 3.16. The predicted octanol–water partition coefficient (Wildman–Crippen LogP) is 1.09. The molecule has 1 aliphatic rings. The molecule has 0 aromatic carbocycles. The van der Waals surface area contributed by atoms with Crippen LogP contribution < -0.4 is 5.73 Å². The van der Waals surface area contributed by atoms with Gasteiger partial charge < -0.3 is 15.2 Å². The maximum Gasteiger partial charge on any atom is 0.157 e. The van der Waals surface area contributed by atoms with Crippen molar-refractivity contribution < 1.29 is 9.47 Å². The van der Waals surface area contributed by atoms with Gasteiger partial charge in [-0.15, -0.1) is 0 Å². The summed E-state index contributed by atoms with van der Waals surface area (Å²) < 4.78 is 10.4. The van der Waals surface area contributed by atoms with Gasteiger partial charge in [-0.2, -0.15) is 0 Å². The first-order chi connectivity index (χ1) is 7.78. The van der Waals surface area contributed by atoms with Crippen LogP contribution in [0.1, 0.15) is 12.7 Å². The summed E-state index contributed by atoms with van der Waals surface area (Å²) in [5, 5.41) is 1.39. The van der Waals surface area contributed by atoms with Gasteiger partial charge in [-0.25, -0.2) is 9.97 Å². The summed E-state index contributed by atoms with van der Waals surface area (Å²) in [6.07, 6.45) is 0. The lowest BCUT2D eigenvalue weighted by Crippen LogP contribution is -2.30. The van der Waals surface area contributed by atoms with E-state index in [1.807, 2.05) is 6.92 Å². The Kier molecular flexibility index (Phi) is 3.98. The van der Waals surface area contributed by atoms with Crippen molar-refractivity contribution in [1.82, 2.24) is 9.97 Å². The molecule has 1 aromatic rings. The summed E-state index contributed by atoms with van der Waals surface area (Å²) in [6, 6.07) is 1.79. The highest BCUT2D eigenvalue weighted by atomic mass is 32.2. The van der Waals surface area contributed by atoms with E-state index in [4.69, 9.17) is 15.2 Å². The first-order valence-electron chi connectivity index (χ1n) is 5.23. The third-order valence-electron chi connectivity index (χ3n) is 2.10. The summed E-state index contributed by atoms with van der Waals surface area (Å²) in [7, 11) is 0. The molecule has 0 spiro atoms. The molecular formula is C10H15N3O2S. The Bertz CT molecular complexity index is 358. The van der Waals surface area contributed by atoms with E-state index in [9.17, 15) is 0 Å². The lowest BCUT2D eigenvalue weighted by molar-refractivity contribution is 0.0454. The SMILES string of the molecule is CCOCc1nc(N)cc(SC2COC2)n1. The van der Waals surface area contributed by atoms with Gasteiger partial charge in [0, 0.05) is 12.7 Å². The minimum Gasteiger partial charge on any atom is -0.384 e. The molecule has 88 valence electrons. The second kappa shape index (κ2) is 5.47. The van der Waals surface area contributed by atoms with Crippen molar-refractivity contribution in [2.24, 2.45) is 0 Å². The summed E-state index contributed by atoms with van der Waals surface area (Å²) >= 11 is 1.68. The van der Waals surface area contributed by atoms with Gasteiger partial charge in [-0.1, -0.05) is 11.8 Å². The fourth-order valence-corrected chi connectivity index (χ4v) is 2.28. The zero-order valence-corrected chi connectivity index (χ0v) is 10.00. The highest BCUT2D eigenvalue weighted by Gasteiger charge is 2.20. The summed E-state index contributed by atoms with van der Waals surface area (Å²) in [4.78, 5) is 8.50. The van der Waals surface area contributed by atoms with E-state index < -0.39 is 0 Å². The Morgan fingerprint density at radius 3 is 3.00 bits per heavy atom. The smallest absolute Gasteiger partial charge is 0.157 e. The number of ether oxygens (including phenoxy) is 2. The number of hydrogen-bond donors (Lipinski definition) is 1. The van der Waals surface area contributed by atoms with Crippen LogP contribution in [-0.4, -0.2) is 35.0 Å². The number of nitrogen functional groups attached to an aromatic ring is 1. The minimum absolute atomic E-state index is 0.413.